The maximum atomic E-state index is 12.9. The quantitative estimate of drug-likeness (QED) is 0.457. The second-order valence-electron chi connectivity index (χ2n) is 8.34. The number of imide groups is 1. The number of likely N-dealkylation sites (tertiary alicyclic amines) is 1. The van der Waals surface area contributed by atoms with Gasteiger partial charge >= 0.3 is 0 Å². The molecule has 0 aliphatic carbocycles. The standard InChI is InChI=1S/C19H26N2O5Si/c1-27(2,3)9-8-26-12-21-17(23)7-6-16(19(21)25)20-11-13-10-14(22)4-5-15(13)18(20)24/h4-5,10,16,22H,6-9,11-12H2,1-3H3. The Morgan fingerprint density at radius 1 is 1.22 bits per heavy atom. The van der Waals surface area contributed by atoms with Gasteiger partial charge in [-0.2, -0.15) is 0 Å². The number of aromatic hydroxyl groups is 1. The number of piperidine rings is 1. The van der Waals surface area contributed by atoms with Crippen molar-refractivity contribution in [3.8, 4) is 5.75 Å². The van der Waals surface area contributed by atoms with E-state index in [4.69, 9.17) is 4.74 Å². The van der Waals surface area contributed by atoms with E-state index in [-0.39, 0.29) is 43.2 Å². The van der Waals surface area contributed by atoms with Crippen LogP contribution < -0.4 is 0 Å². The molecule has 8 heteroatoms. The van der Waals surface area contributed by atoms with Gasteiger partial charge in [0.15, 0.2) is 0 Å². The van der Waals surface area contributed by atoms with Gasteiger partial charge in [-0.05, 0) is 36.2 Å². The van der Waals surface area contributed by atoms with E-state index in [2.05, 4.69) is 19.6 Å². The highest BCUT2D eigenvalue weighted by molar-refractivity contribution is 6.76. The number of amides is 3. The van der Waals surface area contributed by atoms with Crippen molar-refractivity contribution >= 4 is 25.8 Å². The fourth-order valence-corrected chi connectivity index (χ4v) is 4.12. The highest BCUT2D eigenvalue weighted by Crippen LogP contribution is 2.30. The molecule has 7 nitrogen and oxygen atoms in total. The van der Waals surface area contributed by atoms with Crippen LogP contribution in [0.25, 0.3) is 0 Å². The Morgan fingerprint density at radius 2 is 1.96 bits per heavy atom. The molecule has 146 valence electrons. The van der Waals surface area contributed by atoms with Crippen molar-refractivity contribution in [1.82, 2.24) is 9.80 Å². The maximum Gasteiger partial charge on any atom is 0.255 e. The number of phenolic OH excluding ortho intramolecular Hbond substituents is 1. The highest BCUT2D eigenvalue weighted by atomic mass is 28.3. The van der Waals surface area contributed by atoms with Gasteiger partial charge in [0.1, 0.15) is 18.5 Å². The summed E-state index contributed by atoms with van der Waals surface area (Å²) >= 11 is 0. The number of fused-ring (bicyclic) bond motifs is 1. The zero-order chi connectivity index (χ0) is 19.8. The van der Waals surface area contributed by atoms with E-state index in [1.54, 1.807) is 12.1 Å². The molecule has 0 bridgehead atoms. The monoisotopic (exact) mass is 390 g/mol. The summed E-state index contributed by atoms with van der Waals surface area (Å²) < 4.78 is 5.59. The molecule has 0 spiro atoms. The third-order valence-corrected chi connectivity index (χ3v) is 6.70. The van der Waals surface area contributed by atoms with Crippen LogP contribution in [-0.2, 0) is 20.9 Å². The fraction of sp³-hybridized carbons (Fsp3) is 0.526. The topological polar surface area (TPSA) is 87.2 Å². The molecule has 2 aliphatic rings. The molecule has 27 heavy (non-hydrogen) atoms. The van der Waals surface area contributed by atoms with Crippen molar-refractivity contribution in [3.63, 3.8) is 0 Å². The lowest BCUT2D eigenvalue weighted by Gasteiger charge is -2.35. The van der Waals surface area contributed by atoms with E-state index in [0.29, 0.717) is 24.2 Å². The van der Waals surface area contributed by atoms with Crippen LogP contribution in [0.1, 0.15) is 28.8 Å². The molecule has 1 saturated heterocycles. The molecule has 1 atom stereocenters. The summed E-state index contributed by atoms with van der Waals surface area (Å²) in [4.78, 5) is 40.4. The Balaban J connectivity index is 1.66. The van der Waals surface area contributed by atoms with Crippen LogP contribution >= 0.6 is 0 Å². The molecule has 3 rings (SSSR count). The number of hydrogen-bond acceptors (Lipinski definition) is 5. The number of phenols is 1. The lowest BCUT2D eigenvalue weighted by molar-refractivity contribution is -0.158. The summed E-state index contributed by atoms with van der Waals surface area (Å²) in [6.45, 7) is 7.42. The third-order valence-electron chi connectivity index (χ3n) is 5.00. The molecule has 1 fully saturated rings. The summed E-state index contributed by atoms with van der Waals surface area (Å²) in [5, 5.41) is 9.62. The van der Waals surface area contributed by atoms with E-state index in [9.17, 15) is 19.5 Å². The van der Waals surface area contributed by atoms with E-state index in [1.165, 1.54) is 11.0 Å². The van der Waals surface area contributed by atoms with Gasteiger partial charge in [-0.1, -0.05) is 19.6 Å². The van der Waals surface area contributed by atoms with E-state index in [1.807, 2.05) is 0 Å². The maximum absolute atomic E-state index is 12.9. The number of benzene rings is 1. The van der Waals surface area contributed by atoms with Crippen LogP contribution in [0.5, 0.6) is 5.75 Å². The van der Waals surface area contributed by atoms with Crippen molar-refractivity contribution in [2.24, 2.45) is 0 Å². The predicted molar refractivity (Wildman–Crippen MR) is 102 cm³/mol. The summed E-state index contributed by atoms with van der Waals surface area (Å²) in [7, 11) is -1.25. The second kappa shape index (κ2) is 7.44. The number of carbonyl (C=O) groups is 3. The average molecular weight is 391 g/mol. The first kappa shape index (κ1) is 19.6. The summed E-state index contributed by atoms with van der Waals surface area (Å²) in [6, 6.07) is 4.86. The molecule has 3 amide bonds. The smallest absolute Gasteiger partial charge is 0.255 e. The minimum absolute atomic E-state index is 0.0611. The minimum atomic E-state index is -1.25. The molecular formula is C19H26N2O5Si. The van der Waals surface area contributed by atoms with Crippen molar-refractivity contribution in [3.05, 3.63) is 29.3 Å². The molecule has 0 saturated carbocycles. The molecule has 1 unspecified atom stereocenters. The summed E-state index contributed by atoms with van der Waals surface area (Å²) in [5.41, 5.74) is 1.19. The van der Waals surface area contributed by atoms with Gasteiger partial charge in [-0.3, -0.25) is 19.3 Å². The van der Waals surface area contributed by atoms with Crippen LogP contribution in [0.2, 0.25) is 25.7 Å². The Hall–Kier alpha value is -2.19. The Labute approximate surface area is 159 Å². The van der Waals surface area contributed by atoms with Gasteiger partial charge in [-0.25, -0.2) is 0 Å². The van der Waals surface area contributed by atoms with Crippen LogP contribution in [-0.4, -0.2) is 60.1 Å². The molecule has 2 heterocycles. The van der Waals surface area contributed by atoms with Crippen LogP contribution in [0.15, 0.2) is 18.2 Å². The molecule has 1 aromatic carbocycles. The van der Waals surface area contributed by atoms with Crippen molar-refractivity contribution in [1.29, 1.82) is 0 Å². The van der Waals surface area contributed by atoms with Crippen molar-refractivity contribution in [2.45, 2.75) is 51.1 Å². The number of nitrogens with zero attached hydrogens (tertiary/aromatic N) is 2. The van der Waals surface area contributed by atoms with Crippen LogP contribution in [0.3, 0.4) is 0 Å². The molecular weight excluding hydrogens is 364 g/mol. The number of hydrogen-bond donors (Lipinski definition) is 1. The molecule has 2 aliphatic heterocycles. The van der Waals surface area contributed by atoms with Crippen molar-refractivity contribution < 1.29 is 24.2 Å². The molecule has 0 aromatic heterocycles. The van der Waals surface area contributed by atoms with Gasteiger partial charge in [0, 0.05) is 33.2 Å². The van der Waals surface area contributed by atoms with Gasteiger partial charge in [0.2, 0.25) is 5.91 Å². The second-order valence-corrected chi connectivity index (χ2v) is 14.0. The summed E-state index contributed by atoms with van der Waals surface area (Å²) in [5.74, 6) is -0.793. The normalized spacial score (nSPS) is 20.4. The first-order valence-electron chi connectivity index (χ1n) is 9.22. The fourth-order valence-electron chi connectivity index (χ4n) is 3.36. The Kier molecular flexibility index (Phi) is 5.39. The lowest BCUT2D eigenvalue weighted by atomic mass is 10.0. The first-order valence-corrected chi connectivity index (χ1v) is 12.9. The zero-order valence-corrected chi connectivity index (χ0v) is 17.0. The minimum Gasteiger partial charge on any atom is -0.508 e. The third kappa shape index (κ3) is 4.22. The zero-order valence-electron chi connectivity index (χ0n) is 16.0. The van der Waals surface area contributed by atoms with Crippen molar-refractivity contribution in [2.75, 3.05) is 13.3 Å². The average Bonchev–Trinajstić information content (AvgIpc) is 2.89. The largest absolute Gasteiger partial charge is 0.508 e. The van der Waals surface area contributed by atoms with Gasteiger partial charge in [-0.15, -0.1) is 0 Å². The van der Waals surface area contributed by atoms with E-state index in [0.717, 1.165) is 10.9 Å². The van der Waals surface area contributed by atoms with E-state index < -0.39 is 14.1 Å². The van der Waals surface area contributed by atoms with Gasteiger partial charge in [0.05, 0.1) is 0 Å². The first-order chi connectivity index (χ1) is 12.7. The number of rotatable bonds is 6. The van der Waals surface area contributed by atoms with Gasteiger partial charge in [0.25, 0.3) is 11.8 Å². The Morgan fingerprint density at radius 3 is 2.67 bits per heavy atom. The Bertz CT molecular complexity index is 774. The van der Waals surface area contributed by atoms with Crippen LogP contribution in [0, 0.1) is 0 Å². The van der Waals surface area contributed by atoms with Crippen LogP contribution in [0.4, 0.5) is 0 Å². The molecule has 1 N–H and O–H groups in total. The number of ether oxygens (including phenoxy) is 1. The summed E-state index contributed by atoms with van der Waals surface area (Å²) in [6.07, 6.45) is 0.522. The van der Waals surface area contributed by atoms with E-state index >= 15 is 0 Å². The molecule has 1 aromatic rings. The lowest BCUT2D eigenvalue weighted by Crippen LogP contribution is -2.55. The van der Waals surface area contributed by atoms with Gasteiger partial charge < -0.3 is 14.7 Å². The highest BCUT2D eigenvalue weighted by Gasteiger charge is 2.42. The molecule has 0 radical (unpaired) electrons. The SMILES string of the molecule is C[Si](C)(C)CCOCN1C(=O)CCC(N2Cc3cc(O)ccc3C2=O)C1=O. The number of carbonyl (C=O) groups excluding carboxylic acids is 3. The predicted octanol–water partition coefficient (Wildman–Crippen LogP) is 2.18.